The summed E-state index contributed by atoms with van der Waals surface area (Å²) in [5.41, 5.74) is 2.63. The van der Waals surface area contributed by atoms with E-state index in [1.807, 2.05) is 0 Å². The first-order chi connectivity index (χ1) is 7.47. The number of hydrogen-bond donors (Lipinski definition) is 2. The normalized spacial score (nSPS) is 18.2. The van der Waals surface area contributed by atoms with Crippen molar-refractivity contribution >= 4 is 0 Å². The fourth-order valence-electron chi connectivity index (χ4n) is 2.10. The van der Waals surface area contributed by atoms with Crippen molar-refractivity contribution < 1.29 is 18.3 Å². The van der Waals surface area contributed by atoms with Crippen molar-refractivity contribution in [2.75, 3.05) is 0 Å². The maximum Gasteiger partial charge on any atom is 0.414 e. The van der Waals surface area contributed by atoms with E-state index in [9.17, 15) is 13.2 Å². The predicted octanol–water partition coefficient (Wildman–Crippen LogP) is 2.36. The highest BCUT2D eigenvalue weighted by atomic mass is 19.4. The second kappa shape index (κ2) is 4.13. The summed E-state index contributed by atoms with van der Waals surface area (Å²) in [5.74, 6) is 0. The summed E-state index contributed by atoms with van der Waals surface area (Å²) >= 11 is 0. The number of aliphatic hydroxyl groups is 1. The van der Waals surface area contributed by atoms with Gasteiger partial charge in [0.05, 0.1) is 0 Å². The Bertz CT molecular complexity index is 346. The van der Waals surface area contributed by atoms with Crippen LogP contribution >= 0.6 is 0 Å². The maximum atomic E-state index is 12.2. The topological polar surface area (TPSA) is 36.0 Å². The third-order valence-corrected chi connectivity index (χ3v) is 2.96. The lowest BCUT2D eigenvalue weighted by Crippen LogP contribution is -2.30. The molecule has 2 N–H and O–H groups in total. The number of rotatable bonds is 2. The molecule has 5 heteroatoms. The number of H-pyrrole nitrogens is 1. The highest BCUT2D eigenvalue weighted by Crippen LogP contribution is 2.26. The lowest BCUT2D eigenvalue weighted by molar-refractivity contribution is -0.203. The monoisotopic (exact) mass is 233 g/mol. The molecule has 0 aliphatic heterocycles. The molecule has 2 rings (SSSR count). The Morgan fingerprint density at radius 1 is 1.31 bits per heavy atom. The van der Waals surface area contributed by atoms with Crippen LogP contribution in [0.5, 0.6) is 0 Å². The highest BCUT2D eigenvalue weighted by molar-refractivity contribution is 5.28. The van der Waals surface area contributed by atoms with Crippen molar-refractivity contribution in [1.82, 2.24) is 4.98 Å². The Morgan fingerprint density at radius 3 is 2.62 bits per heavy atom. The molecule has 1 heterocycles. The van der Waals surface area contributed by atoms with Crippen molar-refractivity contribution in [2.45, 2.75) is 44.4 Å². The molecule has 90 valence electrons. The van der Waals surface area contributed by atoms with Gasteiger partial charge < -0.3 is 10.1 Å². The van der Waals surface area contributed by atoms with Gasteiger partial charge in [0.2, 0.25) is 0 Å². The predicted molar refractivity (Wildman–Crippen MR) is 53.2 cm³/mol. The molecule has 0 saturated heterocycles. The van der Waals surface area contributed by atoms with Crippen molar-refractivity contribution in [3.05, 3.63) is 23.0 Å². The molecule has 1 atom stereocenters. The number of alkyl halides is 3. The molecular formula is C11H14F3NO. The average Bonchev–Trinajstić information content (AvgIpc) is 2.58. The number of aryl methyl sites for hydroxylation is 2. The SMILES string of the molecule is OC(Cc1cc2c([nH]1)CCCC2)C(F)(F)F. The molecule has 1 aliphatic carbocycles. The zero-order valence-corrected chi connectivity index (χ0v) is 8.77. The number of aromatic amines is 1. The first kappa shape index (κ1) is 11.5. The Kier molecular flexibility index (Phi) is 2.97. The van der Waals surface area contributed by atoms with Crippen LogP contribution in [-0.2, 0) is 19.3 Å². The molecule has 0 fully saturated rings. The second-order valence-corrected chi connectivity index (χ2v) is 4.27. The zero-order valence-electron chi connectivity index (χ0n) is 8.77. The molecule has 0 saturated carbocycles. The Labute approximate surface area is 91.5 Å². The summed E-state index contributed by atoms with van der Waals surface area (Å²) in [4.78, 5) is 2.98. The summed E-state index contributed by atoms with van der Waals surface area (Å²) in [6, 6.07) is 1.75. The first-order valence-electron chi connectivity index (χ1n) is 5.41. The summed E-state index contributed by atoms with van der Waals surface area (Å²) < 4.78 is 36.5. The Hall–Kier alpha value is -0.970. The fourth-order valence-corrected chi connectivity index (χ4v) is 2.10. The van der Waals surface area contributed by atoms with Crippen LogP contribution in [0.25, 0.3) is 0 Å². The molecule has 0 aromatic carbocycles. The lowest BCUT2D eigenvalue weighted by atomic mass is 9.98. The van der Waals surface area contributed by atoms with Gasteiger partial charge in [0.25, 0.3) is 0 Å². The molecule has 1 aromatic rings. The van der Waals surface area contributed by atoms with E-state index >= 15 is 0 Å². The van der Waals surface area contributed by atoms with Crippen LogP contribution in [0.1, 0.15) is 29.8 Å². The van der Waals surface area contributed by atoms with E-state index in [2.05, 4.69) is 4.98 Å². The Balaban J connectivity index is 2.08. The molecule has 16 heavy (non-hydrogen) atoms. The standard InChI is InChI=1S/C11H14F3NO/c12-11(13,14)10(16)6-8-5-7-3-1-2-4-9(7)15-8/h5,10,15-16H,1-4,6H2. The van der Waals surface area contributed by atoms with Crippen LogP contribution in [0, 0.1) is 0 Å². The van der Waals surface area contributed by atoms with Crippen LogP contribution in [-0.4, -0.2) is 22.4 Å². The largest absolute Gasteiger partial charge is 0.414 e. The van der Waals surface area contributed by atoms with Crippen molar-refractivity contribution in [2.24, 2.45) is 0 Å². The van der Waals surface area contributed by atoms with E-state index in [4.69, 9.17) is 5.11 Å². The third-order valence-electron chi connectivity index (χ3n) is 2.96. The fraction of sp³-hybridized carbons (Fsp3) is 0.636. The van der Waals surface area contributed by atoms with E-state index in [1.54, 1.807) is 6.07 Å². The minimum Gasteiger partial charge on any atom is -0.383 e. The molecule has 2 nitrogen and oxygen atoms in total. The molecule has 1 aliphatic rings. The quantitative estimate of drug-likeness (QED) is 0.808. The Morgan fingerprint density at radius 2 is 2.00 bits per heavy atom. The van der Waals surface area contributed by atoms with Gasteiger partial charge in [0.15, 0.2) is 6.10 Å². The van der Waals surface area contributed by atoms with Crippen LogP contribution in [0.15, 0.2) is 6.07 Å². The molecule has 1 unspecified atom stereocenters. The zero-order chi connectivity index (χ0) is 11.8. The number of halogens is 3. The second-order valence-electron chi connectivity index (χ2n) is 4.27. The van der Waals surface area contributed by atoms with Gasteiger partial charge in [-0.3, -0.25) is 0 Å². The number of fused-ring (bicyclic) bond motifs is 1. The number of hydrogen-bond acceptors (Lipinski definition) is 1. The van der Waals surface area contributed by atoms with Crippen LogP contribution in [0.4, 0.5) is 13.2 Å². The lowest BCUT2D eigenvalue weighted by Gasteiger charge is -2.13. The molecule has 0 spiro atoms. The number of aromatic nitrogens is 1. The van der Waals surface area contributed by atoms with Crippen LogP contribution in [0.2, 0.25) is 0 Å². The minimum absolute atomic E-state index is 0.378. The van der Waals surface area contributed by atoms with Gasteiger partial charge in [0, 0.05) is 17.8 Å². The third kappa shape index (κ3) is 2.40. The van der Waals surface area contributed by atoms with Gasteiger partial charge >= 0.3 is 6.18 Å². The average molecular weight is 233 g/mol. The molecule has 0 radical (unpaired) electrons. The smallest absolute Gasteiger partial charge is 0.383 e. The molecular weight excluding hydrogens is 219 g/mol. The van der Waals surface area contributed by atoms with E-state index in [1.165, 1.54) is 0 Å². The van der Waals surface area contributed by atoms with Gasteiger partial charge in [-0.05, 0) is 37.3 Å². The van der Waals surface area contributed by atoms with Crippen molar-refractivity contribution in [3.63, 3.8) is 0 Å². The summed E-state index contributed by atoms with van der Waals surface area (Å²) in [7, 11) is 0. The van der Waals surface area contributed by atoms with Gasteiger partial charge in [-0.1, -0.05) is 0 Å². The van der Waals surface area contributed by atoms with E-state index in [0.717, 1.165) is 36.9 Å². The number of nitrogens with one attached hydrogen (secondary N) is 1. The first-order valence-corrected chi connectivity index (χ1v) is 5.41. The van der Waals surface area contributed by atoms with Crippen molar-refractivity contribution in [1.29, 1.82) is 0 Å². The number of aliphatic hydroxyl groups excluding tert-OH is 1. The van der Waals surface area contributed by atoms with E-state index < -0.39 is 12.3 Å². The van der Waals surface area contributed by atoms with E-state index in [-0.39, 0.29) is 6.42 Å². The summed E-state index contributed by atoms with van der Waals surface area (Å²) in [6.45, 7) is 0. The van der Waals surface area contributed by atoms with Gasteiger partial charge in [-0.15, -0.1) is 0 Å². The van der Waals surface area contributed by atoms with Crippen LogP contribution < -0.4 is 0 Å². The van der Waals surface area contributed by atoms with Crippen LogP contribution in [0.3, 0.4) is 0 Å². The highest BCUT2D eigenvalue weighted by Gasteiger charge is 2.38. The molecule has 1 aromatic heterocycles. The van der Waals surface area contributed by atoms with Gasteiger partial charge in [0.1, 0.15) is 0 Å². The molecule has 0 amide bonds. The summed E-state index contributed by atoms with van der Waals surface area (Å²) in [6.07, 6.45) is -3.19. The van der Waals surface area contributed by atoms with Gasteiger partial charge in [-0.2, -0.15) is 13.2 Å². The minimum atomic E-state index is -4.54. The molecule has 0 bridgehead atoms. The van der Waals surface area contributed by atoms with Gasteiger partial charge in [-0.25, -0.2) is 0 Å². The summed E-state index contributed by atoms with van der Waals surface area (Å²) in [5, 5.41) is 8.96. The van der Waals surface area contributed by atoms with E-state index in [0.29, 0.717) is 5.69 Å². The maximum absolute atomic E-state index is 12.2. The van der Waals surface area contributed by atoms with Crippen molar-refractivity contribution in [3.8, 4) is 0 Å².